The van der Waals surface area contributed by atoms with E-state index in [2.05, 4.69) is 21.2 Å². The molecule has 0 aliphatic carbocycles. The van der Waals surface area contributed by atoms with Gasteiger partial charge in [-0.15, -0.1) is 0 Å². The standard InChI is InChI=1S/C18H15BrFNO4/c1-10(22)12-4-3-5-14(8-12)21-17(23)11(2)25-18(24)15-7-6-13(19)9-16(15)20/h3-9,11H,1-2H3,(H,21,23)/t11-/m1/s1. The summed E-state index contributed by atoms with van der Waals surface area (Å²) in [7, 11) is 0. The van der Waals surface area contributed by atoms with Crippen LogP contribution in [-0.2, 0) is 9.53 Å². The lowest BCUT2D eigenvalue weighted by Gasteiger charge is -2.14. The molecule has 0 radical (unpaired) electrons. The summed E-state index contributed by atoms with van der Waals surface area (Å²) < 4.78 is 19.2. The lowest BCUT2D eigenvalue weighted by molar-refractivity contribution is -0.123. The van der Waals surface area contributed by atoms with Crippen LogP contribution in [0.1, 0.15) is 34.6 Å². The van der Waals surface area contributed by atoms with Gasteiger partial charge in [0.1, 0.15) is 5.82 Å². The van der Waals surface area contributed by atoms with Crippen LogP contribution in [0, 0.1) is 5.82 Å². The van der Waals surface area contributed by atoms with Crippen molar-refractivity contribution < 1.29 is 23.5 Å². The highest BCUT2D eigenvalue weighted by molar-refractivity contribution is 9.10. The van der Waals surface area contributed by atoms with Crippen LogP contribution in [0.2, 0.25) is 0 Å². The number of halogens is 2. The lowest BCUT2D eigenvalue weighted by Crippen LogP contribution is -2.30. The fraction of sp³-hybridized carbons (Fsp3) is 0.167. The summed E-state index contributed by atoms with van der Waals surface area (Å²) in [6.07, 6.45) is -1.14. The third kappa shape index (κ3) is 4.96. The SMILES string of the molecule is CC(=O)c1cccc(NC(=O)[C@@H](C)OC(=O)c2ccc(Br)cc2F)c1. The third-order valence-electron chi connectivity index (χ3n) is 3.34. The minimum Gasteiger partial charge on any atom is -0.449 e. The van der Waals surface area contributed by atoms with Crippen LogP contribution in [-0.4, -0.2) is 23.8 Å². The van der Waals surface area contributed by atoms with Crippen molar-refractivity contribution in [1.29, 1.82) is 0 Å². The van der Waals surface area contributed by atoms with Crippen molar-refractivity contribution in [2.75, 3.05) is 5.32 Å². The van der Waals surface area contributed by atoms with Crippen molar-refractivity contribution in [2.45, 2.75) is 20.0 Å². The molecule has 2 rings (SSSR count). The Kier molecular flexibility index (Phi) is 6.03. The first kappa shape index (κ1) is 18.8. The Morgan fingerprint density at radius 1 is 1.16 bits per heavy atom. The molecule has 2 aromatic rings. The molecule has 25 heavy (non-hydrogen) atoms. The highest BCUT2D eigenvalue weighted by Gasteiger charge is 2.21. The monoisotopic (exact) mass is 407 g/mol. The Hall–Kier alpha value is -2.54. The number of rotatable bonds is 5. The lowest BCUT2D eigenvalue weighted by atomic mass is 10.1. The number of hydrogen-bond acceptors (Lipinski definition) is 4. The topological polar surface area (TPSA) is 72.5 Å². The Labute approximate surface area is 152 Å². The summed E-state index contributed by atoms with van der Waals surface area (Å²) in [6.45, 7) is 2.79. The smallest absolute Gasteiger partial charge is 0.341 e. The first-order valence-electron chi connectivity index (χ1n) is 7.36. The summed E-state index contributed by atoms with van der Waals surface area (Å²) in [5.41, 5.74) is 0.580. The molecule has 0 aliphatic heterocycles. The van der Waals surface area contributed by atoms with E-state index in [1.165, 1.54) is 32.0 Å². The summed E-state index contributed by atoms with van der Waals surface area (Å²) in [6, 6.07) is 10.3. The van der Waals surface area contributed by atoms with Crippen molar-refractivity contribution in [2.24, 2.45) is 0 Å². The molecule has 7 heteroatoms. The van der Waals surface area contributed by atoms with Gasteiger partial charge in [-0.25, -0.2) is 9.18 Å². The molecule has 0 aliphatic rings. The molecule has 130 valence electrons. The largest absolute Gasteiger partial charge is 0.449 e. The van der Waals surface area contributed by atoms with Crippen LogP contribution >= 0.6 is 15.9 Å². The number of anilines is 1. The van der Waals surface area contributed by atoms with Crippen molar-refractivity contribution in [3.8, 4) is 0 Å². The minimum atomic E-state index is -1.14. The quantitative estimate of drug-likeness (QED) is 0.600. The van der Waals surface area contributed by atoms with E-state index in [-0.39, 0.29) is 11.3 Å². The number of esters is 1. The second-order valence-corrected chi connectivity index (χ2v) is 6.21. The molecule has 0 fully saturated rings. The van der Waals surface area contributed by atoms with Crippen molar-refractivity contribution in [3.63, 3.8) is 0 Å². The Balaban J connectivity index is 2.03. The zero-order valence-electron chi connectivity index (χ0n) is 13.5. The molecule has 1 atom stereocenters. The van der Waals surface area contributed by atoms with Crippen LogP contribution in [0.4, 0.5) is 10.1 Å². The van der Waals surface area contributed by atoms with Crippen LogP contribution in [0.25, 0.3) is 0 Å². The van der Waals surface area contributed by atoms with Gasteiger partial charge in [0, 0.05) is 15.7 Å². The molecular formula is C18H15BrFNO4. The van der Waals surface area contributed by atoms with Gasteiger partial charge in [-0.3, -0.25) is 9.59 Å². The first-order chi connectivity index (χ1) is 11.8. The second kappa shape index (κ2) is 8.02. The molecule has 0 heterocycles. The first-order valence-corrected chi connectivity index (χ1v) is 8.15. The van der Waals surface area contributed by atoms with Gasteiger partial charge >= 0.3 is 5.97 Å². The molecule has 5 nitrogen and oxygen atoms in total. The predicted molar refractivity (Wildman–Crippen MR) is 94.1 cm³/mol. The van der Waals surface area contributed by atoms with Gasteiger partial charge in [0.15, 0.2) is 11.9 Å². The number of carbonyl (C=O) groups is 3. The van der Waals surface area contributed by atoms with Crippen molar-refractivity contribution in [1.82, 2.24) is 0 Å². The maximum atomic E-state index is 13.8. The van der Waals surface area contributed by atoms with Crippen molar-refractivity contribution in [3.05, 3.63) is 63.9 Å². The van der Waals surface area contributed by atoms with Gasteiger partial charge in [-0.2, -0.15) is 0 Å². The summed E-state index contributed by atoms with van der Waals surface area (Å²) in [5.74, 6) is -2.42. The summed E-state index contributed by atoms with van der Waals surface area (Å²) in [4.78, 5) is 35.5. The molecule has 0 spiro atoms. The molecule has 1 N–H and O–H groups in total. The molecule has 0 saturated carbocycles. The highest BCUT2D eigenvalue weighted by atomic mass is 79.9. The minimum absolute atomic E-state index is 0.138. The fourth-order valence-corrected chi connectivity index (χ4v) is 2.33. The maximum absolute atomic E-state index is 13.8. The molecule has 0 bridgehead atoms. The summed E-state index contributed by atoms with van der Waals surface area (Å²) >= 11 is 3.09. The van der Waals surface area contributed by atoms with Crippen LogP contribution in [0.15, 0.2) is 46.9 Å². The number of ketones is 1. The van der Waals surface area contributed by atoms with Gasteiger partial charge in [0.25, 0.3) is 5.91 Å². The number of ether oxygens (including phenoxy) is 1. The van der Waals surface area contributed by atoms with E-state index in [0.717, 1.165) is 6.07 Å². The van der Waals surface area contributed by atoms with Crippen LogP contribution in [0.3, 0.4) is 0 Å². The Morgan fingerprint density at radius 2 is 1.88 bits per heavy atom. The molecule has 0 saturated heterocycles. The Bertz CT molecular complexity index is 838. The van der Waals surface area contributed by atoms with Crippen LogP contribution < -0.4 is 5.32 Å². The zero-order chi connectivity index (χ0) is 18.6. The molecular weight excluding hydrogens is 393 g/mol. The highest BCUT2D eigenvalue weighted by Crippen LogP contribution is 2.17. The molecule has 2 aromatic carbocycles. The van der Waals surface area contributed by atoms with Crippen LogP contribution in [0.5, 0.6) is 0 Å². The number of Topliss-reactive ketones (excluding diaryl/α,β-unsaturated/α-hetero) is 1. The number of amides is 1. The number of hydrogen-bond donors (Lipinski definition) is 1. The second-order valence-electron chi connectivity index (χ2n) is 5.30. The van der Waals surface area contributed by atoms with E-state index in [1.54, 1.807) is 18.2 Å². The average molecular weight is 408 g/mol. The van der Waals surface area contributed by atoms with Gasteiger partial charge in [-0.05, 0) is 44.2 Å². The van der Waals surface area contributed by atoms with E-state index >= 15 is 0 Å². The summed E-state index contributed by atoms with van der Waals surface area (Å²) in [5, 5.41) is 2.55. The average Bonchev–Trinajstić information content (AvgIpc) is 2.54. The van der Waals surface area contributed by atoms with Gasteiger partial charge in [-0.1, -0.05) is 28.1 Å². The van der Waals surface area contributed by atoms with E-state index in [9.17, 15) is 18.8 Å². The third-order valence-corrected chi connectivity index (χ3v) is 3.83. The van der Waals surface area contributed by atoms with E-state index in [1.807, 2.05) is 0 Å². The van der Waals surface area contributed by atoms with Gasteiger partial charge < -0.3 is 10.1 Å². The van der Waals surface area contributed by atoms with E-state index in [4.69, 9.17) is 4.74 Å². The van der Waals surface area contributed by atoms with Gasteiger partial charge in [0.2, 0.25) is 0 Å². The molecule has 0 unspecified atom stereocenters. The number of nitrogens with one attached hydrogen (secondary N) is 1. The van der Waals surface area contributed by atoms with Gasteiger partial charge in [0.05, 0.1) is 5.56 Å². The predicted octanol–water partition coefficient (Wildman–Crippen LogP) is 3.97. The van der Waals surface area contributed by atoms with E-state index in [0.29, 0.717) is 15.7 Å². The maximum Gasteiger partial charge on any atom is 0.341 e. The van der Waals surface area contributed by atoms with E-state index < -0.39 is 23.8 Å². The number of benzene rings is 2. The zero-order valence-corrected chi connectivity index (χ0v) is 15.1. The normalized spacial score (nSPS) is 11.5. The Morgan fingerprint density at radius 3 is 2.52 bits per heavy atom. The van der Waals surface area contributed by atoms with Crippen molar-refractivity contribution >= 4 is 39.3 Å². The fourth-order valence-electron chi connectivity index (χ4n) is 1.99. The number of carbonyl (C=O) groups excluding carboxylic acids is 3. The molecule has 1 amide bonds. The molecule has 0 aromatic heterocycles.